The summed E-state index contributed by atoms with van der Waals surface area (Å²) in [6, 6.07) is 0. The Morgan fingerprint density at radius 2 is 2.00 bits per heavy atom. The molecule has 0 radical (unpaired) electrons. The van der Waals surface area contributed by atoms with Gasteiger partial charge in [0.2, 0.25) is 10.0 Å². The van der Waals surface area contributed by atoms with E-state index in [1.54, 1.807) is 6.92 Å². The van der Waals surface area contributed by atoms with Gasteiger partial charge in [0.15, 0.2) is 0 Å². The first kappa shape index (κ1) is 13.6. The first-order valence-corrected chi connectivity index (χ1v) is 7.34. The molecule has 1 heterocycles. The first-order chi connectivity index (χ1) is 7.17. The Hall–Kier alpha value is -0.430. The van der Waals surface area contributed by atoms with Crippen LogP contribution in [0.3, 0.4) is 0 Å². The SMILES string of the molecule is Cc1csc(CN)c1S(=O)(=O)NC(C)(C)C. The minimum Gasteiger partial charge on any atom is -0.326 e. The van der Waals surface area contributed by atoms with Gasteiger partial charge in [0.25, 0.3) is 0 Å². The zero-order valence-corrected chi connectivity index (χ0v) is 11.6. The molecule has 6 heteroatoms. The molecule has 0 amide bonds. The summed E-state index contributed by atoms with van der Waals surface area (Å²) in [6.07, 6.45) is 0. The van der Waals surface area contributed by atoms with Crippen molar-refractivity contribution in [1.82, 2.24) is 4.72 Å². The van der Waals surface area contributed by atoms with Gasteiger partial charge in [-0.2, -0.15) is 0 Å². The van der Waals surface area contributed by atoms with Crippen LogP contribution < -0.4 is 10.5 Å². The van der Waals surface area contributed by atoms with Crippen LogP contribution in [0.15, 0.2) is 10.3 Å². The second-order valence-corrected chi connectivity index (χ2v) is 7.31. The smallest absolute Gasteiger partial charge is 0.242 e. The predicted molar refractivity (Wildman–Crippen MR) is 67.0 cm³/mol. The van der Waals surface area contributed by atoms with E-state index in [0.717, 1.165) is 5.56 Å². The number of sulfonamides is 1. The predicted octanol–water partition coefficient (Wildman–Crippen LogP) is 1.59. The lowest BCUT2D eigenvalue weighted by molar-refractivity contribution is 0.491. The van der Waals surface area contributed by atoms with Crippen LogP contribution >= 0.6 is 11.3 Å². The third-order valence-electron chi connectivity index (χ3n) is 1.88. The zero-order chi connectivity index (χ0) is 12.6. The maximum atomic E-state index is 12.1. The molecule has 3 N–H and O–H groups in total. The highest BCUT2D eigenvalue weighted by atomic mass is 32.2. The Kier molecular flexibility index (Phi) is 3.79. The van der Waals surface area contributed by atoms with E-state index in [1.807, 2.05) is 26.2 Å². The molecule has 1 aromatic heterocycles. The average Bonchev–Trinajstić information content (AvgIpc) is 2.42. The fraction of sp³-hybridized carbons (Fsp3) is 0.600. The average molecular weight is 262 g/mol. The summed E-state index contributed by atoms with van der Waals surface area (Å²) >= 11 is 1.38. The molecule has 0 saturated carbocycles. The number of aryl methyl sites for hydroxylation is 1. The number of hydrogen-bond donors (Lipinski definition) is 2. The maximum Gasteiger partial charge on any atom is 0.242 e. The largest absolute Gasteiger partial charge is 0.326 e. The number of nitrogens with one attached hydrogen (secondary N) is 1. The molecule has 0 aliphatic heterocycles. The molecule has 0 unspecified atom stereocenters. The van der Waals surface area contributed by atoms with Crippen LogP contribution in [0.1, 0.15) is 31.2 Å². The van der Waals surface area contributed by atoms with E-state index < -0.39 is 15.6 Å². The highest BCUT2D eigenvalue weighted by molar-refractivity contribution is 7.89. The Bertz CT molecular complexity index is 469. The van der Waals surface area contributed by atoms with Crippen LogP contribution in [0.25, 0.3) is 0 Å². The zero-order valence-electron chi connectivity index (χ0n) is 9.99. The Morgan fingerprint density at radius 1 is 1.44 bits per heavy atom. The molecule has 0 aliphatic rings. The Morgan fingerprint density at radius 3 is 2.44 bits per heavy atom. The number of rotatable bonds is 3. The van der Waals surface area contributed by atoms with Gasteiger partial charge in [-0.1, -0.05) is 0 Å². The summed E-state index contributed by atoms with van der Waals surface area (Å²) in [7, 11) is -3.47. The van der Waals surface area contributed by atoms with Crippen molar-refractivity contribution in [2.45, 2.75) is 44.7 Å². The van der Waals surface area contributed by atoms with E-state index in [4.69, 9.17) is 5.73 Å². The summed E-state index contributed by atoms with van der Waals surface area (Å²) in [5.74, 6) is 0. The molecule has 0 atom stereocenters. The van der Waals surface area contributed by atoms with Crippen LogP contribution in [0.4, 0.5) is 0 Å². The van der Waals surface area contributed by atoms with Gasteiger partial charge in [0, 0.05) is 17.0 Å². The molecule has 0 spiro atoms. The van der Waals surface area contributed by atoms with Crippen molar-refractivity contribution in [2.24, 2.45) is 5.73 Å². The van der Waals surface area contributed by atoms with Crippen molar-refractivity contribution in [3.8, 4) is 0 Å². The molecule has 0 aromatic carbocycles. The molecule has 0 bridgehead atoms. The maximum absolute atomic E-state index is 12.1. The fourth-order valence-corrected chi connectivity index (χ4v) is 4.57. The first-order valence-electron chi connectivity index (χ1n) is 4.98. The number of hydrogen-bond acceptors (Lipinski definition) is 4. The van der Waals surface area contributed by atoms with E-state index >= 15 is 0 Å². The van der Waals surface area contributed by atoms with Crippen molar-refractivity contribution in [2.75, 3.05) is 0 Å². The quantitative estimate of drug-likeness (QED) is 0.869. The topological polar surface area (TPSA) is 72.2 Å². The lowest BCUT2D eigenvalue weighted by Gasteiger charge is -2.20. The molecular formula is C10H18N2O2S2. The van der Waals surface area contributed by atoms with Crippen LogP contribution in [-0.4, -0.2) is 14.0 Å². The van der Waals surface area contributed by atoms with Gasteiger partial charge >= 0.3 is 0 Å². The molecule has 0 saturated heterocycles. The summed E-state index contributed by atoms with van der Waals surface area (Å²) in [5.41, 5.74) is 5.81. The molecule has 1 aromatic rings. The molecule has 4 nitrogen and oxygen atoms in total. The molecule has 0 fully saturated rings. The Labute approximate surface area is 101 Å². The molecule has 16 heavy (non-hydrogen) atoms. The molecule has 0 aliphatic carbocycles. The van der Waals surface area contributed by atoms with Crippen LogP contribution in [0.2, 0.25) is 0 Å². The Balaban J connectivity index is 3.22. The monoisotopic (exact) mass is 262 g/mol. The van der Waals surface area contributed by atoms with Crippen molar-refractivity contribution in [3.05, 3.63) is 15.8 Å². The molecule has 1 rings (SSSR count). The molecular weight excluding hydrogens is 244 g/mol. The lowest BCUT2D eigenvalue weighted by atomic mass is 10.1. The van der Waals surface area contributed by atoms with E-state index in [-0.39, 0.29) is 6.54 Å². The van der Waals surface area contributed by atoms with Gasteiger partial charge in [-0.25, -0.2) is 13.1 Å². The highest BCUT2D eigenvalue weighted by Gasteiger charge is 2.26. The molecule has 92 valence electrons. The third kappa shape index (κ3) is 3.04. The number of nitrogens with two attached hydrogens (primary N) is 1. The van der Waals surface area contributed by atoms with Crippen molar-refractivity contribution in [3.63, 3.8) is 0 Å². The highest BCUT2D eigenvalue weighted by Crippen LogP contribution is 2.27. The normalized spacial score (nSPS) is 13.1. The summed E-state index contributed by atoms with van der Waals surface area (Å²) in [5, 5.41) is 1.82. The third-order valence-corrected chi connectivity index (χ3v) is 5.13. The second-order valence-electron chi connectivity index (χ2n) is 4.73. The van der Waals surface area contributed by atoms with Gasteiger partial charge in [0.1, 0.15) is 4.90 Å². The van der Waals surface area contributed by atoms with E-state index in [0.29, 0.717) is 9.77 Å². The lowest BCUT2D eigenvalue weighted by Crippen LogP contribution is -2.40. The van der Waals surface area contributed by atoms with E-state index in [9.17, 15) is 8.42 Å². The van der Waals surface area contributed by atoms with E-state index in [2.05, 4.69) is 4.72 Å². The van der Waals surface area contributed by atoms with Gasteiger partial charge in [-0.05, 0) is 38.6 Å². The van der Waals surface area contributed by atoms with Crippen LogP contribution in [0.5, 0.6) is 0 Å². The number of thiophene rings is 1. The minimum absolute atomic E-state index is 0.249. The van der Waals surface area contributed by atoms with Crippen molar-refractivity contribution < 1.29 is 8.42 Å². The summed E-state index contributed by atoms with van der Waals surface area (Å²) < 4.78 is 26.9. The van der Waals surface area contributed by atoms with Gasteiger partial charge < -0.3 is 5.73 Å². The van der Waals surface area contributed by atoms with Crippen LogP contribution in [0, 0.1) is 6.92 Å². The summed E-state index contributed by atoms with van der Waals surface area (Å²) in [4.78, 5) is 1.05. The van der Waals surface area contributed by atoms with Crippen LogP contribution in [-0.2, 0) is 16.6 Å². The summed E-state index contributed by atoms with van der Waals surface area (Å²) in [6.45, 7) is 7.48. The fourth-order valence-electron chi connectivity index (χ4n) is 1.44. The van der Waals surface area contributed by atoms with E-state index in [1.165, 1.54) is 11.3 Å². The van der Waals surface area contributed by atoms with Crippen molar-refractivity contribution >= 4 is 21.4 Å². The van der Waals surface area contributed by atoms with Crippen molar-refractivity contribution in [1.29, 1.82) is 0 Å². The minimum atomic E-state index is -3.47. The van der Waals surface area contributed by atoms with Gasteiger partial charge in [-0.3, -0.25) is 0 Å². The standard InChI is InChI=1S/C10H18N2O2S2/c1-7-6-15-8(5-11)9(7)16(13,14)12-10(2,3)4/h6,12H,5,11H2,1-4H3. The van der Waals surface area contributed by atoms with Gasteiger partial charge in [0.05, 0.1) is 0 Å². The second kappa shape index (κ2) is 4.44. The van der Waals surface area contributed by atoms with Gasteiger partial charge in [-0.15, -0.1) is 11.3 Å².